The Morgan fingerprint density at radius 2 is 1.88 bits per heavy atom. The lowest BCUT2D eigenvalue weighted by Gasteiger charge is -2.36. The van der Waals surface area contributed by atoms with Crippen molar-refractivity contribution in [2.24, 2.45) is 0 Å². The van der Waals surface area contributed by atoms with E-state index in [4.69, 9.17) is 0 Å². The second-order valence-corrected chi connectivity index (χ2v) is 6.72. The van der Waals surface area contributed by atoms with Crippen molar-refractivity contribution in [3.8, 4) is 0 Å². The molecule has 136 valence electrons. The van der Waals surface area contributed by atoms with Crippen LogP contribution in [0.1, 0.15) is 24.8 Å². The molecule has 0 aromatic heterocycles. The molecule has 2 N–H and O–H groups in total. The minimum absolute atomic E-state index is 0.0574. The summed E-state index contributed by atoms with van der Waals surface area (Å²) in [5.74, 6) is -0.490. The molecule has 7 heteroatoms. The number of piperazine rings is 1. The van der Waals surface area contributed by atoms with Crippen molar-refractivity contribution in [1.82, 2.24) is 15.1 Å². The Morgan fingerprint density at radius 1 is 1.20 bits per heavy atom. The highest BCUT2D eigenvalue weighted by atomic mass is 19.1. The van der Waals surface area contributed by atoms with Gasteiger partial charge in [0, 0.05) is 32.7 Å². The van der Waals surface area contributed by atoms with Gasteiger partial charge in [0.25, 0.3) is 0 Å². The number of nitrogens with one attached hydrogen (secondary N) is 1. The van der Waals surface area contributed by atoms with Crippen molar-refractivity contribution in [2.75, 3.05) is 26.2 Å². The summed E-state index contributed by atoms with van der Waals surface area (Å²) in [5.41, 5.74) is 0.912. The van der Waals surface area contributed by atoms with Crippen molar-refractivity contribution in [3.05, 3.63) is 35.6 Å². The Labute approximate surface area is 146 Å². The van der Waals surface area contributed by atoms with Crippen LogP contribution in [0.4, 0.5) is 4.39 Å². The lowest BCUT2D eigenvalue weighted by Crippen LogP contribution is -2.56. The summed E-state index contributed by atoms with van der Waals surface area (Å²) >= 11 is 0. The molecule has 0 bridgehead atoms. The van der Waals surface area contributed by atoms with E-state index in [1.807, 2.05) is 4.90 Å². The molecule has 1 aromatic carbocycles. The van der Waals surface area contributed by atoms with E-state index in [-0.39, 0.29) is 30.2 Å². The predicted octanol–water partition coefficient (Wildman–Crippen LogP) is 0.499. The van der Waals surface area contributed by atoms with Gasteiger partial charge in [0.05, 0.1) is 18.6 Å². The zero-order chi connectivity index (χ0) is 17.8. The van der Waals surface area contributed by atoms with Crippen LogP contribution in [0, 0.1) is 5.82 Å². The van der Waals surface area contributed by atoms with Crippen LogP contribution in [0.2, 0.25) is 0 Å². The number of benzene rings is 1. The molecule has 1 aromatic rings. The number of rotatable bonds is 4. The summed E-state index contributed by atoms with van der Waals surface area (Å²) in [6.45, 7) is 2.77. The third-order valence-corrected chi connectivity index (χ3v) is 4.93. The Bertz CT molecular complexity index is 614. The van der Waals surface area contributed by atoms with Gasteiger partial charge >= 0.3 is 0 Å². The number of nitrogens with zero attached hydrogens (tertiary/aromatic N) is 2. The third-order valence-electron chi connectivity index (χ3n) is 4.93. The Hall–Kier alpha value is -1.99. The first-order valence-electron chi connectivity index (χ1n) is 8.75. The topological polar surface area (TPSA) is 72.9 Å². The second-order valence-electron chi connectivity index (χ2n) is 6.72. The maximum atomic E-state index is 13.1. The van der Waals surface area contributed by atoms with Crippen LogP contribution in [0.15, 0.2) is 24.3 Å². The fourth-order valence-electron chi connectivity index (χ4n) is 3.41. The number of aliphatic hydroxyl groups is 1. The van der Waals surface area contributed by atoms with E-state index in [0.29, 0.717) is 45.6 Å². The number of aliphatic hydroxyl groups excluding tert-OH is 1. The Morgan fingerprint density at radius 3 is 2.56 bits per heavy atom. The molecule has 2 aliphatic rings. The van der Waals surface area contributed by atoms with E-state index in [0.717, 1.165) is 5.56 Å². The minimum Gasteiger partial charge on any atom is -0.393 e. The first kappa shape index (κ1) is 17.8. The lowest BCUT2D eigenvalue weighted by atomic mass is 10.0. The number of hydrogen-bond donors (Lipinski definition) is 2. The standard InChI is InChI=1S/C18H24FN3O3/c19-14-3-1-13(2-4-14)12-22-10-7-20-18(25)16(22)11-17(24)21-8-5-15(23)6-9-21/h1-4,15-16,23H,5-12H2,(H,20,25). The van der Waals surface area contributed by atoms with Crippen LogP contribution in [0.25, 0.3) is 0 Å². The zero-order valence-corrected chi connectivity index (χ0v) is 14.2. The molecule has 6 nitrogen and oxygen atoms in total. The van der Waals surface area contributed by atoms with Gasteiger partial charge in [0.2, 0.25) is 11.8 Å². The highest BCUT2D eigenvalue weighted by Crippen LogP contribution is 2.17. The quantitative estimate of drug-likeness (QED) is 0.830. The molecule has 2 aliphatic heterocycles. The van der Waals surface area contributed by atoms with Gasteiger partial charge in [0.15, 0.2) is 0 Å². The molecule has 1 atom stereocenters. The normalized spacial score (nSPS) is 22.7. The fourth-order valence-corrected chi connectivity index (χ4v) is 3.41. The van der Waals surface area contributed by atoms with E-state index < -0.39 is 6.04 Å². The van der Waals surface area contributed by atoms with Crippen LogP contribution in [0.5, 0.6) is 0 Å². The number of hydrogen-bond acceptors (Lipinski definition) is 4. The molecule has 0 aliphatic carbocycles. The van der Waals surface area contributed by atoms with Gasteiger partial charge in [-0.05, 0) is 30.5 Å². The highest BCUT2D eigenvalue weighted by Gasteiger charge is 2.33. The zero-order valence-electron chi connectivity index (χ0n) is 14.2. The van der Waals surface area contributed by atoms with E-state index in [1.165, 1.54) is 12.1 Å². The molecule has 0 radical (unpaired) electrons. The maximum absolute atomic E-state index is 13.1. The molecular formula is C18H24FN3O3. The average molecular weight is 349 g/mol. The van der Waals surface area contributed by atoms with Crippen LogP contribution in [-0.4, -0.2) is 65.0 Å². The largest absolute Gasteiger partial charge is 0.393 e. The molecular weight excluding hydrogens is 325 g/mol. The van der Waals surface area contributed by atoms with Gasteiger partial charge in [-0.15, -0.1) is 0 Å². The summed E-state index contributed by atoms with van der Waals surface area (Å²) < 4.78 is 13.1. The smallest absolute Gasteiger partial charge is 0.237 e. The van der Waals surface area contributed by atoms with Gasteiger partial charge < -0.3 is 15.3 Å². The molecule has 2 heterocycles. The molecule has 0 saturated carbocycles. The average Bonchev–Trinajstić information content (AvgIpc) is 2.60. The van der Waals surface area contributed by atoms with Crippen molar-refractivity contribution in [1.29, 1.82) is 0 Å². The van der Waals surface area contributed by atoms with Gasteiger partial charge in [0.1, 0.15) is 5.82 Å². The Kier molecular flexibility index (Phi) is 5.65. The van der Waals surface area contributed by atoms with Crippen LogP contribution < -0.4 is 5.32 Å². The lowest BCUT2D eigenvalue weighted by molar-refractivity contribution is -0.140. The molecule has 25 heavy (non-hydrogen) atoms. The molecule has 2 amide bonds. The molecule has 0 spiro atoms. The molecule has 2 saturated heterocycles. The first-order chi connectivity index (χ1) is 12.0. The van der Waals surface area contributed by atoms with Crippen molar-refractivity contribution in [3.63, 3.8) is 0 Å². The van der Waals surface area contributed by atoms with E-state index >= 15 is 0 Å². The number of carbonyl (C=O) groups excluding carboxylic acids is 2. The number of amides is 2. The minimum atomic E-state index is -0.516. The number of piperidine rings is 1. The first-order valence-corrected chi connectivity index (χ1v) is 8.75. The predicted molar refractivity (Wildman–Crippen MR) is 90.0 cm³/mol. The molecule has 3 rings (SSSR count). The van der Waals surface area contributed by atoms with Crippen LogP contribution in [-0.2, 0) is 16.1 Å². The van der Waals surface area contributed by atoms with E-state index in [1.54, 1.807) is 17.0 Å². The maximum Gasteiger partial charge on any atom is 0.237 e. The fraction of sp³-hybridized carbons (Fsp3) is 0.556. The van der Waals surface area contributed by atoms with Gasteiger partial charge in [-0.1, -0.05) is 12.1 Å². The van der Waals surface area contributed by atoms with Crippen molar-refractivity contribution in [2.45, 2.75) is 38.0 Å². The van der Waals surface area contributed by atoms with Gasteiger partial charge in [-0.3, -0.25) is 14.5 Å². The van der Waals surface area contributed by atoms with Crippen molar-refractivity contribution < 1.29 is 19.1 Å². The SMILES string of the molecule is O=C1NCCN(Cc2ccc(F)cc2)C1CC(=O)N1CCC(O)CC1. The number of carbonyl (C=O) groups is 2. The van der Waals surface area contributed by atoms with Crippen LogP contribution in [0.3, 0.4) is 0 Å². The van der Waals surface area contributed by atoms with Crippen LogP contribution >= 0.6 is 0 Å². The monoisotopic (exact) mass is 349 g/mol. The van der Waals surface area contributed by atoms with Gasteiger partial charge in [-0.25, -0.2) is 4.39 Å². The summed E-state index contributed by atoms with van der Waals surface area (Å²) in [7, 11) is 0. The Balaban J connectivity index is 1.64. The third kappa shape index (κ3) is 4.55. The van der Waals surface area contributed by atoms with E-state index in [9.17, 15) is 19.1 Å². The van der Waals surface area contributed by atoms with Gasteiger partial charge in [-0.2, -0.15) is 0 Å². The van der Waals surface area contributed by atoms with Crippen molar-refractivity contribution >= 4 is 11.8 Å². The summed E-state index contributed by atoms with van der Waals surface area (Å²) in [6, 6.07) is 5.69. The second kappa shape index (κ2) is 7.93. The summed E-state index contributed by atoms with van der Waals surface area (Å²) in [5, 5.41) is 12.4. The number of halogens is 1. The highest BCUT2D eigenvalue weighted by molar-refractivity contribution is 5.88. The summed E-state index contributed by atoms with van der Waals surface area (Å²) in [6.07, 6.45) is 0.962. The number of likely N-dealkylation sites (tertiary alicyclic amines) is 1. The molecule has 2 fully saturated rings. The van der Waals surface area contributed by atoms with E-state index in [2.05, 4.69) is 5.32 Å². The molecule has 1 unspecified atom stereocenters. The summed E-state index contributed by atoms with van der Waals surface area (Å²) in [4.78, 5) is 28.5.